The number of hydrogen-bond donors (Lipinski definition) is 1. The van der Waals surface area contributed by atoms with E-state index in [1.807, 2.05) is 0 Å². The van der Waals surface area contributed by atoms with Crippen LogP contribution in [0.5, 0.6) is 0 Å². The molecule has 3 nitrogen and oxygen atoms in total. The van der Waals surface area contributed by atoms with Gasteiger partial charge in [0, 0.05) is 18.1 Å². The Bertz CT molecular complexity index is 260. The van der Waals surface area contributed by atoms with Crippen LogP contribution < -0.4 is 5.32 Å². The molecule has 1 N–H and O–H groups in total. The van der Waals surface area contributed by atoms with Crippen LogP contribution in [0.25, 0.3) is 0 Å². The normalized spacial score (nSPS) is 40.1. The van der Waals surface area contributed by atoms with Crippen molar-refractivity contribution < 1.29 is 0 Å². The van der Waals surface area contributed by atoms with Crippen molar-refractivity contribution in [3.05, 3.63) is 0 Å². The van der Waals surface area contributed by atoms with Crippen LogP contribution in [0.4, 0.5) is 0 Å². The summed E-state index contributed by atoms with van der Waals surface area (Å²) in [4.78, 5) is 5.30. The third-order valence-corrected chi connectivity index (χ3v) is 5.08. The number of nitrogens with one attached hydrogen (secondary N) is 1. The summed E-state index contributed by atoms with van der Waals surface area (Å²) in [5.41, 5.74) is 0. The third kappa shape index (κ3) is 2.38. The molecule has 0 radical (unpaired) electrons. The molecular weight excluding hydrogens is 210 g/mol. The molecule has 3 aliphatic rings. The lowest BCUT2D eigenvalue weighted by atomic mass is 10.0. The summed E-state index contributed by atoms with van der Waals surface area (Å²) in [5.74, 6) is 0.974. The Hall–Kier alpha value is -0.120. The van der Waals surface area contributed by atoms with Gasteiger partial charge in [0.05, 0.1) is 0 Å². The fourth-order valence-corrected chi connectivity index (χ4v) is 4.07. The molecule has 2 saturated heterocycles. The van der Waals surface area contributed by atoms with E-state index in [0.29, 0.717) is 0 Å². The maximum atomic E-state index is 3.49. The van der Waals surface area contributed by atoms with Gasteiger partial charge in [-0.1, -0.05) is 0 Å². The van der Waals surface area contributed by atoms with Gasteiger partial charge in [0.2, 0.25) is 0 Å². The van der Waals surface area contributed by atoms with Gasteiger partial charge in [-0.25, -0.2) is 0 Å². The van der Waals surface area contributed by atoms with Crippen molar-refractivity contribution in [2.45, 2.75) is 50.2 Å². The van der Waals surface area contributed by atoms with Crippen molar-refractivity contribution in [1.82, 2.24) is 15.1 Å². The van der Waals surface area contributed by atoms with E-state index in [4.69, 9.17) is 0 Å². The zero-order valence-corrected chi connectivity index (χ0v) is 11.4. The molecule has 2 heterocycles. The van der Waals surface area contributed by atoms with E-state index in [1.54, 1.807) is 0 Å². The number of hydrogen-bond acceptors (Lipinski definition) is 3. The van der Waals surface area contributed by atoms with Crippen molar-refractivity contribution in [2.75, 3.05) is 33.7 Å². The van der Waals surface area contributed by atoms with E-state index in [-0.39, 0.29) is 0 Å². The summed E-state index contributed by atoms with van der Waals surface area (Å²) in [7, 11) is 4.49. The molecule has 3 heteroatoms. The second kappa shape index (κ2) is 4.87. The highest BCUT2D eigenvalue weighted by Gasteiger charge is 2.48. The standard InChI is InChI=1S/C14H27N3/c1-16(2)14-10-12(14)13-4-3-9-17(13)11-5-7-15-8-6-11/h11-15H,3-10H2,1-2H3. The van der Waals surface area contributed by atoms with Crippen molar-refractivity contribution in [2.24, 2.45) is 5.92 Å². The van der Waals surface area contributed by atoms with Crippen molar-refractivity contribution in [3.63, 3.8) is 0 Å². The Morgan fingerprint density at radius 2 is 1.88 bits per heavy atom. The van der Waals surface area contributed by atoms with Crippen LogP contribution in [0.15, 0.2) is 0 Å². The molecule has 17 heavy (non-hydrogen) atoms. The molecule has 1 saturated carbocycles. The third-order valence-electron chi connectivity index (χ3n) is 5.08. The summed E-state index contributed by atoms with van der Waals surface area (Å²) in [5, 5.41) is 3.49. The lowest BCUT2D eigenvalue weighted by molar-refractivity contribution is 0.128. The molecule has 0 aromatic carbocycles. The first-order valence-electron chi connectivity index (χ1n) is 7.40. The Balaban J connectivity index is 1.60. The quantitative estimate of drug-likeness (QED) is 0.794. The highest BCUT2D eigenvalue weighted by Crippen LogP contribution is 2.44. The number of nitrogens with zero attached hydrogens (tertiary/aromatic N) is 2. The molecule has 0 aromatic heterocycles. The summed E-state index contributed by atoms with van der Waals surface area (Å²) in [6.45, 7) is 3.83. The predicted octanol–water partition coefficient (Wildman–Crippen LogP) is 1.15. The fraction of sp³-hybridized carbons (Fsp3) is 1.00. The van der Waals surface area contributed by atoms with Gasteiger partial charge >= 0.3 is 0 Å². The van der Waals surface area contributed by atoms with Gasteiger partial charge in [0.1, 0.15) is 0 Å². The topological polar surface area (TPSA) is 18.5 Å². The SMILES string of the molecule is CN(C)C1CC1C1CCCN1C1CCNCC1. The van der Waals surface area contributed by atoms with Crippen LogP contribution in [-0.4, -0.2) is 61.7 Å². The monoisotopic (exact) mass is 237 g/mol. The predicted molar refractivity (Wildman–Crippen MR) is 71.2 cm³/mol. The Morgan fingerprint density at radius 3 is 2.53 bits per heavy atom. The Morgan fingerprint density at radius 1 is 1.12 bits per heavy atom. The molecular formula is C14H27N3. The average Bonchev–Trinajstić information content (AvgIpc) is 3.00. The zero-order valence-electron chi connectivity index (χ0n) is 11.4. The highest BCUT2D eigenvalue weighted by molar-refractivity contribution is 5.04. The van der Waals surface area contributed by atoms with E-state index in [2.05, 4.69) is 29.2 Å². The smallest absolute Gasteiger partial charge is 0.0142 e. The van der Waals surface area contributed by atoms with Crippen molar-refractivity contribution in [3.8, 4) is 0 Å². The average molecular weight is 237 g/mol. The van der Waals surface area contributed by atoms with Crippen LogP contribution in [0, 0.1) is 5.92 Å². The molecule has 3 fully saturated rings. The minimum atomic E-state index is 0.877. The van der Waals surface area contributed by atoms with Gasteiger partial charge in [-0.05, 0) is 71.8 Å². The minimum Gasteiger partial charge on any atom is -0.317 e. The van der Waals surface area contributed by atoms with E-state index >= 15 is 0 Å². The lowest BCUT2D eigenvalue weighted by Crippen LogP contribution is -2.46. The maximum absolute atomic E-state index is 3.49. The van der Waals surface area contributed by atoms with Crippen LogP contribution in [-0.2, 0) is 0 Å². The molecule has 0 amide bonds. The molecule has 0 spiro atoms. The molecule has 98 valence electrons. The van der Waals surface area contributed by atoms with E-state index < -0.39 is 0 Å². The Kier molecular flexibility index (Phi) is 3.42. The molecule has 3 atom stereocenters. The summed E-state index contributed by atoms with van der Waals surface area (Å²) < 4.78 is 0. The minimum absolute atomic E-state index is 0.877. The van der Waals surface area contributed by atoms with Crippen LogP contribution in [0.3, 0.4) is 0 Å². The molecule has 0 aromatic rings. The second-order valence-electron chi connectivity index (χ2n) is 6.36. The van der Waals surface area contributed by atoms with Crippen molar-refractivity contribution in [1.29, 1.82) is 0 Å². The Labute approximate surface area is 106 Å². The first-order valence-corrected chi connectivity index (χ1v) is 7.40. The van der Waals surface area contributed by atoms with E-state index in [1.165, 1.54) is 51.7 Å². The first-order chi connectivity index (χ1) is 8.27. The second-order valence-corrected chi connectivity index (χ2v) is 6.36. The number of likely N-dealkylation sites (tertiary alicyclic amines) is 1. The molecule has 3 rings (SSSR count). The first kappa shape index (κ1) is 11.9. The summed E-state index contributed by atoms with van der Waals surface area (Å²) in [6, 6.07) is 2.67. The molecule has 2 aliphatic heterocycles. The van der Waals surface area contributed by atoms with Gasteiger partial charge in [-0.15, -0.1) is 0 Å². The van der Waals surface area contributed by atoms with E-state index in [0.717, 1.165) is 24.0 Å². The lowest BCUT2D eigenvalue weighted by Gasteiger charge is -2.36. The van der Waals surface area contributed by atoms with Gasteiger partial charge in [-0.2, -0.15) is 0 Å². The summed E-state index contributed by atoms with van der Waals surface area (Å²) >= 11 is 0. The van der Waals surface area contributed by atoms with Crippen LogP contribution in [0.2, 0.25) is 0 Å². The van der Waals surface area contributed by atoms with E-state index in [9.17, 15) is 0 Å². The van der Waals surface area contributed by atoms with Gasteiger partial charge < -0.3 is 10.2 Å². The molecule has 1 aliphatic carbocycles. The van der Waals surface area contributed by atoms with Gasteiger partial charge in [0.25, 0.3) is 0 Å². The number of rotatable bonds is 3. The molecule has 3 unspecified atom stereocenters. The van der Waals surface area contributed by atoms with Gasteiger partial charge in [0.15, 0.2) is 0 Å². The highest BCUT2D eigenvalue weighted by atomic mass is 15.2. The van der Waals surface area contributed by atoms with Crippen molar-refractivity contribution >= 4 is 0 Å². The van der Waals surface area contributed by atoms with Crippen LogP contribution in [0.1, 0.15) is 32.1 Å². The van der Waals surface area contributed by atoms with Crippen LogP contribution >= 0.6 is 0 Å². The fourth-order valence-electron chi connectivity index (χ4n) is 4.07. The largest absolute Gasteiger partial charge is 0.317 e. The summed E-state index contributed by atoms with van der Waals surface area (Å²) in [6.07, 6.45) is 7.08. The van der Waals surface area contributed by atoms with Gasteiger partial charge in [-0.3, -0.25) is 4.90 Å². The maximum Gasteiger partial charge on any atom is 0.0142 e. The zero-order chi connectivity index (χ0) is 11.8. The number of piperidine rings is 1. The molecule has 0 bridgehead atoms.